The molecule has 0 fully saturated rings. The number of nitrogens with one attached hydrogen (secondary N) is 3. The van der Waals surface area contributed by atoms with E-state index in [4.69, 9.17) is 5.41 Å². The number of imidazole rings is 1. The maximum absolute atomic E-state index is 12.5. The van der Waals surface area contributed by atoms with Crippen LogP contribution in [0.25, 0.3) is 11.4 Å². The topological polar surface area (TPSA) is 113 Å². The number of rotatable bonds is 7. The molecule has 3 heterocycles. The van der Waals surface area contributed by atoms with Crippen LogP contribution >= 0.6 is 0 Å². The third-order valence-corrected chi connectivity index (χ3v) is 5.32. The normalized spacial score (nSPS) is 11.1. The van der Waals surface area contributed by atoms with Crippen molar-refractivity contribution in [2.75, 3.05) is 18.9 Å². The number of aryl methyl sites for hydroxylation is 4. The van der Waals surface area contributed by atoms with E-state index in [1.165, 1.54) is 4.90 Å². The standard InChI is InChI=1S/C23H30N8O2/c1-16-12-18(15-30(16)4)27-23(33)20(24)28(2)10-7-6-8-26-22(32)19-13-17(14-31(19)5)21-25-9-11-29(21)3/h7,9-15,24H,6,8H2,1-5H3,(H,26,32)(H,27,33)/b10-7+,24-20?. The number of nitrogens with zero attached hydrogens (tertiary/aromatic N) is 5. The first kappa shape index (κ1) is 23.6. The van der Waals surface area contributed by atoms with Crippen molar-refractivity contribution in [2.24, 2.45) is 21.1 Å². The number of hydrogen-bond acceptors (Lipinski definition) is 4. The van der Waals surface area contributed by atoms with Crippen molar-refractivity contribution in [1.29, 1.82) is 5.41 Å². The average Bonchev–Trinajstić information content (AvgIpc) is 3.45. The number of carbonyl (C=O) groups is 2. The van der Waals surface area contributed by atoms with E-state index in [-0.39, 0.29) is 11.7 Å². The van der Waals surface area contributed by atoms with E-state index in [1.807, 2.05) is 61.7 Å². The predicted octanol–water partition coefficient (Wildman–Crippen LogP) is 2.25. The van der Waals surface area contributed by atoms with E-state index in [0.29, 0.717) is 24.3 Å². The summed E-state index contributed by atoms with van der Waals surface area (Å²) in [5.74, 6) is -0.0508. The predicted molar refractivity (Wildman–Crippen MR) is 128 cm³/mol. The molecule has 0 spiro atoms. The molecule has 174 valence electrons. The van der Waals surface area contributed by atoms with Crippen LogP contribution in [-0.2, 0) is 25.9 Å². The Bertz CT molecular complexity index is 1180. The summed E-state index contributed by atoms with van der Waals surface area (Å²) < 4.78 is 5.57. The van der Waals surface area contributed by atoms with Gasteiger partial charge in [0.05, 0.1) is 5.69 Å². The molecule has 33 heavy (non-hydrogen) atoms. The van der Waals surface area contributed by atoms with Gasteiger partial charge in [-0.2, -0.15) is 0 Å². The molecule has 3 aromatic rings. The fraction of sp³-hybridized carbons (Fsp3) is 0.304. The van der Waals surface area contributed by atoms with Crippen LogP contribution in [0, 0.1) is 12.3 Å². The summed E-state index contributed by atoms with van der Waals surface area (Å²) in [6, 6.07) is 3.66. The number of aromatic nitrogens is 4. The molecule has 0 aliphatic carbocycles. The van der Waals surface area contributed by atoms with Crippen LogP contribution in [0.4, 0.5) is 5.69 Å². The smallest absolute Gasteiger partial charge is 0.291 e. The van der Waals surface area contributed by atoms with Gasteiger partial charge in [0.1, 0.15) is 11.5 Å². The number of carbonyl (C=O) groups excluding carboxylic acids is 2. The van der Waals surface area contributed by atoms with E-state index in [0.717, 1.165) is 17.1 Å². The Morgan fingerprint density at radius 3 is 2.55 bits per heavy atom. The van der Waals surface area contributed by atoms with Gasteiger partial charge >= 0.3 is 0 Å². The minimum Gasteiger partial charge on any atom is -0.353 e. The third-order valence-electron chi connectivity index (χ3n) is 5.32. The van der Waals surface area contributed by atoms with Crippen molar-refractivity contribution in [1.82, 2.24) is 28.9 Å². The molecule has 2 amide bonds. The van der Waals surface area contributed by atoms with Crippen molar-refractivity contribution in [3.05, 3.63) is 60.6 Å². The lowest BCUT2D eigenvalue weighted by Crippen LogP contribution is -2.33. The summed E-state index contributed by atoms with van der Waals surface area (Å²) in [6.45, 7) is 2.36. The molecule has 10 nitrogen and oxygen atoms in total. The van der Waals surface area contributed by atoms with Crippen LogP contribution in [0.3, 0.4) is 0 Å². The van der Waals surface area contributed by atoms with Gasteiger partial charge in [-0.3, -0.25) is 15.0 Å². The van der Waals surface area contributed by atoms with Crippen molar-refractivity contribution in [3.8, 4) is 11.4 Å². The minimum atomic E-state index is -0.492. The fourth-order valence-corrected chi connectivity index (χ4v) is 3.32. The zero-order valence-corrected chi connectivity index (χ0v) is 19.6. The molecule has 0 saturated carbocycles. The van der Waals surface area contributed by atoms with Crippen LogP contribution in [-0.4, -0.2) is 54.8 Å². The molecule has 0 aliphatic heterocycles. The highest BCUT2D eigenvalue weighted by Gasteiger charge is 2.15. The number of amidine groups is 1. The Morgan fingerprint density at radius 2 is 1.91 bits per heavy atom. The van der Waals surface area contributed by atoms with E-state index < -0.39 is 5.91 Å². The number of amides is 2. The summed E-state index contributed by atoms with van der Waals surface area (Å²) in [4.78, 5) is 30.6. The molecule has 0 atom stereocenters. The van der Waals surface area contributed by atoms with Gasteiger partial charge in [-0.25, -0.2) is 4.98 Å². The zero-order valence-electron chi connectivity index (χ0n) is 19.6. The Labute approximate surface area is 193 Å². The minimum absolute atomic E-state index is 0.176. The lowest BCUT2D eigenvalue weighted by atomic mass is 10.3. The first-order chi connectivity index (χ1) is 15.7. The fourth-order valence-electron chi connectivity index (χ4n) is 3.32. The highest BCUT2D eigenvalue weighted by atomic mass is 16.2. The molecule has 0 bridgehead atoms. The van der Waals surface area contributed by atoms with E-state index in [2.05, 4.69) is 15.6 Å². The van der Waals surface area contributed by atoms with Crippen LogP contribution < -0.4 is 10.6 Å². The Hall–Kier alpha value is -4.08. The lowest BCUT2D eigenvalue weighted by molar-refractivity contribution is -0.110. The van der Waals surface area contributed by atoms with Crippen LogP contribution in [0.2, 0.25) is 0 Å². The molecule has 0 aromatic carbocycles. The second kappa shape index (κ2) is 10.0. The van der Waals surface area contributed by atoms with E-state index >= 15 is 0 Å². The van der Waals surface area contributed by atoms with Crippen molar-refractivity contribution in [2.45, 2.75) is 13.3 Å². The second-order valence-electron chi connectivity index (χ2n) is 7.91. The Kier molecular flexibility index (Phi) is 7.17. The summed E-state index contributed by atoms with van der Waals surface area (Å²) in [5.41, 5.74) is 3.08. The molecule has 0 saturated heterocycles. The van der Waals surface area contributed by atoms with Crippen LogP contribution in [0.1, 0.15) is 22.6 Å². The summed E-state index contributed by atoms with van der Waals surface area (Å²) in [6.07, 6.45) is 11.3. The zero-order chi connectivity index (χ0) is 24.1. The first-order valence-corrected chi connectivity index (χ1v) is 10.5. The summed E-state index contributed by atoms with van der Waals surface area (Å²) in [7, 11) is 7.26. The number of likely N-dealkylation sites (N-methyl/N-ethyl adjacent to an activating group) is 1. The molecule has 3 aromatic heterocycles. The SMILES string of the molecule is Cc1cc(NC(=O)C(=N)N(C)/C=C/CCNC(=O)c2cc(-c3nccn3C)cn2C)cn1C. The van der Waals surface area contributed by atoms with Crippen LogP contribution in [0.15, 0.2) is 49.2 Å². The highest BCUT2D eigenvalue weighted by Crippen LogP contribution is 2.19. The molecule has 3 N–H and O–H groups in total. The quantitative estimate of drug-likeness (QED) is 0.291. The molecular weight excluding hydrogens is 420 g/mol. The highest BCUT2D eigenvalue weighted by molar-refractivity contribution is 6.41. The largest absolute Gasteiger partial charge is 0.353 e. The van der Waals surface area contributed by atoms with Crippen molar-refractivity contribution in [3.63, 3.8) is 0 Å². The van der Waals surface area contributed by atoms with Crippen molar-refractivity contribution < 1.29 is 9.59 Å². The average molecular weight is 451 g/mol. The maximum atomic E-state index is 12.5. The number of anilines is 1. The van der Waals surface area contributed by atoms with E-state index in [9.17, 15) is 9.59 Å². The summed E-state index contributed by atoms with van der Waals surface area (Å²) >= 11 is 0. The monoisotopic (exact) mass is 450 g/mol. The van der Waals surface area contributed by atoms with Gasteiger partial charge in [-0.15, -0.1) is 0 Å². The Balaban J connectivity index is 1.46. The Morgan fingerprint density at radius 1 is 1.15 bits per heavy atom. The molecule has 0 unspecified atom stereocenters. The maximum Gasteiger partial charge on any atom is 0.291 e. The third kappa shape index (κ3) is 5.59. The van der Waals surface area contributed by atoms with Gasteiger partial charge in [0, 0.05) is 77.0 Å². The van der Waals surface area contributed by atoms with Gasteiger partial charge in [0.15, 0.2) is 5.84 Å². The molecule has 0 aliphatic rings. The van der Waals surface area contributed by atoms with Gasteiger partial charge in [0.2, 0.25) is 0 Å². The molecule has 0 radical (unpaired) electrons. The van der Waals surface area contributed by atoms with E-state index in [1.54, 1.807) is 36.3 Å². The van der Waals surface area contributed by atoms with Gasteiger partial charge in [0.25, 0.3) is 11.8 Å². The molecule has 3 rings (SSSR count). The molecular formula is C23H30N8O2. The van der Waals surface area contributed by atoms with Gasteiger partial charge < -0.3 is 29.2 Å². The van der Waals surface area contributed by atoms with Crippen LogP contribution in [0.5, 0.6) is 0 Å². The second-order valence-corrected chi connectivity index (χ2v) is 7.91. The van der Waals surface area contributed by atoms with Gasteiger partial charge in [-0.05, 0) is 25.5 Å². The number of hydrogen-bond donors (Lipinski definition) is 3. The lowest BCUT2D eigenvalue weighted by Gasteiger charge is -2.14. The van der Waals surface area contributed by atoms with Gasteiger partial charge in [-0.1, -0.05) is 6.08 Å². The summed E-state index contributed by atoms with van der Waals surface area (Å²) in [5, 5.41) is 13.6. The first-order valence-electron chi connectivity index (χ1n) is 10.5. The van der Waals surface area contributed by atoms with Crippen molar-refractivity contribution >= 4 is 23.3 Å². The molecule has 10 heteroatoms.